The summed E-state index contributed by atoms with van der Waals surface area (Å²) in [4.78, 5) is 11.6. The second-order valence-corrected chi connectivity index (χ2v) is 5.38. The van der Waals surface area contributed by atoms with E-state index in [2.05, 4.69) is 32.2 Å². The third kappa shape index (κ3) is 7.62. The number of ether oxygens (including phenoxy) is 1. The molecule has 0 fully saturated rings. The summed E-state index contributed by atoms with van der Waals surface area (Å²) in [6.07, 6.45) is 5.00. The molecule has 1 rings (SSSR count). The summed E-state index contributed by atoms with van der Waals surface area (Å²) in [7, 11) is 0. The van der Waals surface area contributed by atoms with Gasteiger partial charge in [0, 0.05) is 5.69 Å². The van der Waals surface area contributed by atoms with Crippen LogP contribution in [0.3, 0.4) is 0 Å². The summed E-state index contributed by atoms with van der Waals surface area (Å²) < 4.78 is 5.18. The van der Waals surface area contributed by atoms with Gasteiger partial charge in [-0.2, -0.15) is 0 Å². The Labute approximate surface area is 122 Å². The SMILES string of the molecule is CC(C)=CCC[C@@H](C)CCOC(=O)Nc1ccccc1. The first-order valence-corrected chi connectivity index (χ1v) is 7.20. The van der Waals surface area contributed by atoms with Gasteiger partial charge in [0.05, 0.1) is 6.61 Å². The van der Waals surface area contributed by atoms with E-state index in [4.69, 9.17) is 4.74 Å². The van der Waals surface area contributed by atoms with Crippen molar-refractivity contribution in [3.8, 4) is 0 Å². The highest BCUT2D eigenvalue weighted by molar-refractivity contribution is 5.84. The van der Waals surface area contributed by atoms with Crippen LogP contribution >= 0.6 is 0 Å². The van der Waals surface area contributed by atoms with Crippen LogP contribution in [0.1, 0.15) is 40.0 Å². The molecular formula is C17H25NO2. The fourth-order valence-corrected chi connectivity index (χ4v) is 1.83. The van der Waals surface area contributed by atoms with Crippen LogP contribution in [-0.2, 0) is 4.74 Å². The van der Waals surface area contributed by atoms with E-state index in [1.54, 1.807) is 0 Å². The highest BCUT2D eigenvalue weighted by atomic mass is 16.5. The van der Waals surface area contributed by atoms with E-state index in [0.717, 1.165) is 24.9 Å². The number of rotatable bonds is 7. The minimum Gasteiger partial charge on any atom is -0.449 e. The number of carbonyl (C=O) groups is 1. The molecule has 3 heteroatoms. The maximum Gasteiger partial charge on any atom is 0.411 e. The Bertz CT molecular complexity index is 422. The van der Waals surface area contributed by atoms with E-state index in [9.17, 15) is 4.79 Å². The smallest absolute Gasteiger partial charge is 0.411 e. The number of benzene rings is 1. The average Bonchev–Trinajstić information content (AvgIpc) is 2.39. The molecule has 0 unspecified atom stereocenters. The van der Waals surface area contributed by atoms with Gasteiger partial charge < -0.3 is 4.74 Å². The van der Waals surface area contributed by atoms with Crippen molar-refractivity contribution in [1.82, 2.24) is 0 Å². The van der Waals surface area contributed by atoms with Gasteiger partial charge in [-0.05, 0) is 51.2 Å². The lowest BCUT2D eigenvalue weighted by atomic mass is 10.0. The number of hydrogen-bond donors (Lipinski definition) is 1. The molecule has 0 bridgehead atoms. The van der Waals surface area contributed by atoms with Gasteiger partial charge in [0.15, 0.2) is 0 Å². The van der Waals surface area contributed by atoms with Crippen LogP contribution in [0.4, 0.5) is 10.5 Å². The van der Waals surface area contributed by atoms with E-state index in [-0.39, 0.29) is 6.09 Å². The van der Waals surface area contributed by atoms with Crippen molar-refractivity contribution in [2.24, 2.45) is 5.92 Å². The molecule has 3 nitrogen and oxygen atoms in total. The predicted octanol–water partition coefficient (Wildman–Crippen LogP) is 5.01. The van der Waals surface area contributed by atoms with Gasteiger partial charge in [-0.3, -0.25) is 5.32 Å². The minimum atomic E-state index is -0.382. The lowest BCUT2D eigenvalue weighted by Gasteiger charge is -2.11. The first-order valence-electron chi connectivity index (χ1n) is 7.20. The third-order valence-corrected chi connectivity index (χ3v) is 3.08. The number of anilines is 1. The maximum atomic E-state index is 11.6. The van der Waals surface area contributed by atoms with Crippen LogP contribution in [0.2, 0.25) is 0 Å². The Morgan fingerprint density at radius 2 is 1.95 bits per heavy atom. The number of hydrogen-bond acceptors (Lipinski definition) is 2. The van der Waals surface area contributed by atoms with Gasteiger partial charge in [0.1, 0.15) is 0 Å². The molecule has 20 heavy (non-hydrogen) atoms. The molecule has 0 spiro atoms. The van der Waals surface area contributed by atoms with Crippen LogP contribution in [0.15, 0.2) is 42.0 Å². The molecule has 0 aliphatic carbocycles. The van der Waals surface area contributed by atoms with Crippen molar-refractivity contribution in [3.05, 3.63) is 42.0 Å². The first-order chi connectivity index (χ1) is 9.58. The van der Waals surface area contributed by atoms with E-state index in [0.29, 0.717) is 12.5 Å². The van der Waals surface area contributed by atoms with Crippen LogP contribution in [0.5, 0.6) is 0 Å². The maximum absolute atomic E-state index is 11.6. The lowest BCUT2D eigenvalue weighted by Crippen LogP contribution is -2.15. The molecule has 0 aromatic heterocycles. The Hall–Kier alpha value is -1.77. The monoisotopic (exact) mass is 275 g/mol. The second kappa shape index (κ2) is 9.18. The van der Waals surface area contributed by atoms with Gasteiger partial charge in [-0.1, -0.05) is 36.8 Å². The molecule has 0 saturated carbocycles. The largest absolute Gasteiger partial charge is 0.449 e. The number of carbonyl (C=O) groups excluding carboxylic acids is 1. The molecule has 1 aromatic carbocycles. The molecule has 0 heterocycles. The fraction of sp³-hybridized carbons (Fsp3) is 0.471. The molecule has 1 aromatic rings. The topological polar surface area (TPSA) is 38.3 Å². The molecule has 0 aliphatic rings. The first kappa shape index (κ1) is 16.3. The summed E-state index contributed by atoms with van der Waals surface area (Å²) >= 11 is 0. The molecule has 0 aliphatic heterocycles. The van der Waals surface area contributed by atoms with Gasteiger partial charge in [-0.25, -0.2) is 4.79 Å². The molecule has 1 atom stereocenters. The molecule has 1 amide bonds. The van der Waals surface area contributed by atoms with Crippen LogP contribution in [-0.4, -0.2) is 12.7 Å². The average molecular weight is 275 g/mol. The van der Waals surface area contributed by atoms with Gasteiger partial charge >= 0.3 is 6.09 Å². The van der Waals surface area contributed by atoms with E-state index in [1.165, 1.54) is 5.57 Å². The van der Waals surface area contributed by atoms with Crippen LogP contribution < -0.4 is 5.32 Å². The van der Waals surface area contributed by atoms with Crippen molar-refractivity contribution in [2.75, 3.05) is 11.9 Å². The number of amides is 1. The third-order valence-electron chi connectivity index (χ3n) is 3.08. The summed E-state index contributed by atoms with van der Waals surface area (Å²) in [5.74, 6) is 0.565. The number of para-hydroxylation sites is 1. The number of allylic oxidation sites excluding steroid dienone is 2. The molecule has 110 valence electrons. The van der Waals surface area contributed by atoms with Crippen molar-refractivity contribution in [1.29, 1.82) is 0 Å². The molecule has 1 N–H and O–H groups in total. The normalized spacial score (nSPS) is 11.6. The van der Waals surface area contributed by atoms with Gasteiger partial charge in [0.25, 0.3) is 0 Å². The Balaban J connectivity index is 2.14. The highest BCUT2D eigenvalue weighted by Crippen LogP contribution is 2.12. The molecular weight excluding hydrogens is 250 g/mol. The Morgan fingerprint density at radius 3 is 2.60 bits per heavy atom. The molecule has 0 saturated heterocycles. The van der Waals surface area contributed by atoms with Crippen molar-refractivity contribution >= 4 is 11.8 Å². The van der Waals surface area contributed by atoms with Crippen LogP contribution in [0.25, 0.3) is 0 Å². The molecule has 0 radical (unpaired) electrons. The summed E-state index contributed by atoms with van der Waals surface area (Å²) in [6, 6.07) is 9.33. The summed E-state index contributed by atoms with van der Waals surface area (Å²) in [6.45, 7) is 6.88. The Kier molecular flexibility index (Phi) is 7.48. The van der Waals surface area contributed by atoms with Crippen molar-refractivity contribution < 1.29 is 9.53 Å². The van der Waals surface area contributed by atoms with Crippen LogP contribution in [0, 0.1) is 5.92 Å². The zero-order valence-corrected chi connectivity index (χ0v) is 12.7. The Morgan fingerprint density at radius 1 is 1.25 bits per heavy atom. The lowest BCUT2D eigenvalue weighted by molar-refractivity contribution is 0.153. The summed E-state index contributed by atoms with van der Waals surface area (Å²) in [5, 5.41) is 2.70. The van der Waals surface area contributed by atoms with Crippen molar-refractivity contribution in [2.45, 2.75) is 40.0 Å². The van der Waals surface area contributed by atoms with Gasteiger partial charge in [0.2, 0.25) is 0 Å². The zero-order valence-electron chi connectivity index (χ0n) is 12.7. The second-order valence-electron chi connectivity index (χ2n) is 5.38. The predicted molar refractivity (Wildman–Crippen MR) is 83.9 cm³/mol. The van der Waals surface area contributed by atoms with Gasteiger partial charge in [-0.15, -0.1) is 0 Å². The minimum absolute atomic E-state index is 0.382. The van der Waals surface area contributed by atoms with Crippen molar-refractivity contribution in [3.63, 3.8) is 0 Å². The zero-order chi connectivity index (χ0) is 14.8. The standard InChI is InChI=1S/C17H25NO2/c1-14(2)8-7-9-15(3)12-13-20-17(19)18-16-10-5-4-6-11-16/h4-6,8,10-11,15H,7,9,12-13H2,1-3H3,(H,18,19)/t15-/m1/s1. The highest BCUT2D eigenvalue weighted by Gasteiger charge is 2.05. The van der Waals surface area contributed by atoms with E-state index >= 15 is 0 Å². The quantitative estimate of drug-likeness (QED) is 0.710. The number of nitrogens with one attached hydrogen (secondary N) is 1. The van der Waals surface area contributed by atoms with E-state index in [1.807, 2.05) is 30.3 Å². The fourth-order valence-electron chi connectivity index (χ4n) is 1.83. The summed E-state index contributed by atoms with van der Waals surface area (Å²) in [5.41, 5.74) is 2.12. The van der Waals surface area contributed by atoms with E-state index < -0.39 is 0 Å².